The normalized spacial score (nSPS) is 14.8. The van der Waals surface area contributed by atoms with Gasteiger partial charge in [-0.3, -0.25) is 14.6 Å². The van der Waals surface area contributed by atoms with Gasteiger partial charge in [-0.25, -0.2) is 0 Å². The van der Waals surface area contributed by atoms with Gasteiger partial charge >= 0.3 is 0 Å². The van der Waals surface area contributed by atoms with E-state index in [0.717, 1.165) is 91.4 Å². The number of benzene rings is 6. The van der Waals surface area contributed by atoms with Gasteiger partial charge in [-0.15, -0.1) is 22.7 Å². The monoisotopic (exact) mass is 916 g/mol. The first kappa shape index (κ1) is 43.5. The van der Waals surface area contributed by atoms with Crippen LogP contribution in [0.1, 0.15) is 54.4 Å². The van der Waals surface area contributed by atoms with Gasteiger partial charge in [-0.1, -0.05) is 12.8 Å². The summed E-state index contributed by atoms with van der Waals surface area (Å²) in [4.78, 5) is 22.5. The molecule has 2 aromatic heterocycles. The Morgan fingerprint density at radius 3 is 1.27 bits per heavy atom. The molecule has 2 fully saturated rings. The zero-order valence-corrected chi connectivity index (χ0v) is 38.3. The van der Waals surface area contributed by atoms with Crippen molar-refractivity contribution in [3.63, 3.8) is 0 Å². The van der Waals surface area contributed by atoms with Crippen LogP contribution in [0.4, 0.5) is 0 Å². The second-order valence-corrected chi connectivity index (χ2v) is 19.4. The van der Waals surface area contributed by atoms with Crippen LogP contribution in [-0.2, 0) is 0 Å². The Bertz CT molecular complexity index is 2820. The third-order valence-corrected chi connectivity index (χ3v) is 15.3. The highest BCUT2D eigenvalue weighted by molar-refractivity contribution is 7.23. The molecule has 0 aliphatic carbocycles. The summed E-state index contributed by atoms with van der Waals surface area (Å²) in [6.45, 7) is 6.86. The van der Waals surface area contributed by atoms with Crippen LogP contribution in [0.15, 0.2) is 121 Å². The van der Waals surface area contributed by atoms with Crippen LogP contribution >= 0.6 is 22.7 Å². The highest BCUT2D eigenvalue weighted by Gasteiger charge is 2.28. The van der Waals surface area contributed by atoms with Crippen molar-refractivity contribution < 1.29 is 34.7 Å². The third-order valence-electron chi connectivity index (χ3n) is 12.9. The Kier molecular flexibility index (Phi) is 12.7. The van der Waals surface area contributed by atoms with Crippen LogP contribution in [0.3, 0.4) is 0 Å². The number of hydrogen-bond donors (Lipinski definition) is 4. The van der Waals surface area contributed by atoms with Crippen LogP contribution in [-0.4, -0.2) is 88.5 Å². The molecule has 336 valence electrons. The number of carbonyl (C=O) groups is 1. The minimum atomic E-state index is -0.204. The lowest BCUT2D eigenvalue weighted by Crippen LogP contribution is -2.33. The van der Waals surface area contributed by atoms with Crippen LogP contribution < -0.4 is 9.47 Å². The first-order valence-corrected chi connectivity index (χ1v) is 24.5. The number of carbonyl (C=O) groups excluding carboxylic acids is 1. The second kappa shape index (κ2) is 19.2. The molecule has 4 heterocycles. The molecule has 0 bridgehead atoms. The molecule has 0 radical (unpaired) electrons. The number of ketones is 1. The molecule has 2 aliphatic rings. The van der Waals surface area contributed by atoms with Crippen molar-refractivity contribution in [2.75, 3.05) is 52.5 Å². The van der Waals surface area contributed by atoms with Gasteiger partial charge in [0, 0.05) is 65.3 Å². The van der Waals surface area contributed by atoms with E-state index >= 15 is 4.79 Å². The van der Waals surface area contributed by atoms with Gasteiger partial charge < -0.3 is 29.9 Å². The first-order chi connectivity index (χ1) is 32.3. The molecule has 6 aromatic carbocycles. The second-order valence-electron chi connectivity index (χ2n) is 17.3. The zero-order chi connectivity index (χ0) is 45.1. The van der Waals surface area contributed by atoms with Gasteiger partial charge in [-0.2, -0.15) is 0 Å². The number of rotatable bonds is 14. The maximum absolute atomic E-state index is 15.9. The summed E-state index contributed by atoms with van der Waals surface area (Å²) < 4.78 is 14.7. The Morgan fingerprint density at radius 1 is 0.470 bits per heavy atom. The smallest absolute Gasteiger partial charge is 0.194 e. The summed E-state index contributed by atoms with van der Waals surface area (Å²) in [5.74, 6) is 1.66. The van der Waals surface area contributed by atoms with Crippen LogP contribution in [0.2, 0.25) is 0 Å². The average Bonchev–Trinajstić information content (AvgIpc) is 3.90. The highest BCUT2D eigenvalue weighted by atomic mass is 32.1. The van der Waals surface area contributed by atoms with Gasteiger partial charge in [0.2, 0.25) is 0 Å². The topological polar surface area (TPSA) is 123 Å². The molecule has 0 saturated carbocycles. The summed E-state index contributed by atoms with van der Waals surface area (Å²) in [5, 5.41) is 43.7. The molecule has 2 saturated heterocycles. The Labute approximate surface area is 392 Å². The maximum atomic E-state index is 15.9. The lowest BCUT2D eigenvalue weighted by molar-refractivity contribution is 0.104. The van der Waals surface area contributed by atoms with Gasteiger partial charge in [-0.05, 0) is 195 Å². The molecule has 11 heteroatoms. The van der Waals surface area contributed by atoms with Crippen molar-refractivity contribution in [1.29, 1.82) is 0 Å². The number of thiophene rings is 2. The molecule has 0 amide bonds. The minimum Gasteiger partial charge on any atom is -0.508 e. The molecular formula is C55H52N2O7S2. The van der Waals surface area contributed by atoms with E-state index in [2.05, 4.69) is 9.80 Å². The van der Waals surface area contributed by atoms with E-state index in [1.54, 1.807) is 48.5 Å². The van der Waals surface area contributed by atoms with Crippen molar-refractivity contribution in [3.05, 3.63) is 132 Å². The summed E-state index contributed by atoms with van der Waals surface area (Å²) in [7, 11) is 0. The Balaban J connectivity index is 1.14. The molecule has 0 spiro atoms. The predicted molar refractivity (Wildman–Crippen MR) is 267 cm³/mol. The van der Waals surface area contributed by atoms with Gasteiger partial charge in [0.05, 0.1) is 0 Å². The molecule has 9 nitrogen and oxygen atoms in total. The zero-order valence-electron chi connectivity index (χ0n) is 36.7. The number of phenolic OH excluding ortho intramolecular Hbond substituents is 4. The fraction of sp³-hybridized carbons (Fsp3) is 0.255. The van der Waals surface area contributed by atoms with Gasteiger partial charge in [0.25, 0.3) is 0 Å². The summed E-state index contributed by atoms with van der Waals surface area (Å²) in [6, 6.07) is 36.2. The summed E-state index contributed by atoms with van der Waals surface area (Å²) in [6.07, 6.45) is 7.27. The van der Waals surface area contributed by atoms with E-state index in [0.29, 0.717) is 47.0 Å². The van der Waals surface area contributed by atoms with Crippen LogP contribution in [0, 0.1) is 0 Å². The third kappa shape index (κ3) is 9.21. The minimum absolute atomic E-state index is 0.141. The number of hydrogen-bond acceptors (Lipinski definition) is 11. The lowest BCUT2D eigenvalue weighted by atomic mass is 9.87. The summed E-state index contributed by atoms with van der Waals surface area (Å²) in [5.41, 5.74) is 5.67. The number of ether oxygens (including phenoxy) is 2. The van der Waals surface area contributed by atoms with Crippen molar-refractivity contribution >= 4 is 48.6 Å². The predicted octanol–water partition coefficient (Wildman–Crippen LogP) is 12.6. The molecule has 0 atom stereocenters. The summed E-state index contributed by atoms with van der Waals surface area (Å²) >= 11 is 3.03. The highest BCUT2D eigenvalue weighted by Crippen LogP contribution is 2.50. The van der Waals surface area contributed by atoms with Gasteiger partial charge in [0.15, 0.2) is 5.78 Å². The number of fused-ring (bicyclic) bond motifs is 2. The molecule has 66 heavy (non-hydrogen) atoms. The standard InChI is InChI=1S/C55H52N2O7S2/c58-37-11-7-35(8-12-37)54-51(45-19-15-39(60)31-49(45)65-54)47-33-41(63-29-27-56-23-3-1-4-24-56)17-21-43(47)53(62)44-22-18-42(64-30-28-57-25-5-2-6-26-57)34-48(44)52-46-20-16-40(61)32-50(46)66-55(52)36-9-13-38(59)14-10-36/h7-22,31-34,58-61H,1-6,23-30H2. The van der Waals surface area contributed by atoms with Gasteiger partial charge in [0.1, 0.15) is 47.7 Å². The van der Waals surface area contributed by atoms with Crippen LogP contribution in [0.5, 0.6) is 34.5 Å². The van der Waals surface area contributed by atoms with E-state index in [1.165, 1.54) is 61.2 Å². The molecule has 0 unspecified atom stereocenters. The number of phenols is 4. The van der Waals surface area contributed by atoms with E-state index in [1.807, 2.05) is 72.8 Å². The maximum Gasteiger partial charge on any atom is 0.194 e. The van der Waals surface area contributed by atoms with Crippen molar-refractivity contribution in [2.45, 2.75) is 38.5 Å². The lowest BCUT2D eigenvalue weighted by Gasteiger charge is -2.26. The van der Waals surface area contributed by atoms with Crippen molar-refractivity contribution in [3.8, 4) is 77.6 Å². The van der Waals surface area contributed by atoms with E-state index < -0.39 is 0 Å². The number of likely N-dealkylation sites (tertiary alicyclic amines) is 2. The largest absolute Gasteiger partial charge is 0.508 e. The number of piperidine rings is 2. The van der Waals surface area contributed by atoms with E-state index in [4.69, 9.17) is 9.47 Å². The average molecular weight is 917 g/mol. The number of nitrogens with zero attached hydrogens (tertiary/aromatic N) is 2. The van der Waals surface area contributed by atoms with E-state index in [9.17, 15) is 20.4 Å². The Hall–Kier alpha value is -6.37. The fourth-order valence-corrected chi connectivity index (χ4v) is 12.0. The van der Waals surface area contributed by atoms with Crippen LogP contribution in [0.25, 0.3) is 63.3 Å². The molecular weight excluding hydrogens is 865 g/mol. The first-order valence-electron chi connectivity index (χ1n) is 22.9. The number of aromatic hydroxyl groups is 4. The van der Waals surface area contributed by atoms with Crippen molar-refractivity contribution in [2.24, 2.45) is 0 Å². The molecule has 2 aliphatic heterocycles. The molecule has 8 aromatic rings. The quantitative estimate of drug-likeness (QED) is 0.0790. The Morgan fingerprint density at radius 2 is 0.864 bits per heavy atom. The molecule has 4 N–H and O–H groups in total. The fourth-order valence-electron chi connectivity index (χ4n) is 9.47. The van der Waals surface area contributed by atoms with Crippen molar-refractivity contribution in [1.82, 2.24) is 9.80 Å². The molecule has 10 rings (SSSR count). The van der Waals surface area contributed by atoms with E-state index in [-0.39, 0.29) is 28.8 Å². The SMILES string of the molecule is O=C(c1ccc(OCCN2CCCCC2)cc1-c1c(-c2ccc(O)cc2)sc2cc(O)ccc12)c1ccc(OCCN2CCCCC2)cc1-c1c(-c2ccc(O)cc2)sc2cc(O)ccc12.